The summed E-state index contributed by atoms with van der Waals surface area (Å²) in [5.41, 5.74) is 3.10. The second-order valence-corrected chi connectivity index (χ2v) is 10.2. The first kappa shape index (κ1) is 25.1. The summed E-state index contributed by atoms with van der Waals surface area (Å²) in [7, 11) is -0.379. The third-order valence-electron chi connectivity index (χ3n) is 6.87. The van der Waals surface area contributed by atoms with Gasteiger partial charge >= 0.3 is 7.12 Å². The summed E-state index contributed by atoms with van der Waals surface area (Å²) in [4.78, 5) is 16.2. The number of aryl methyl sites for hydroxylation is 1. The van der Waals surface area contributed by atoms with Crippen molar-refractivity contribution in [3.63, 3.8) is 0 Å². The molecule has 190 valence electrons. The van der Waals surface area contributed by atoms with Gasteiger partial charge in [0.2, 0.25) is 0 Å². The maximum Gasteiger partial charge on any atom is 0.486 e. The standard InChI is InChI=1S/C29H30BNO6/c1-19-15-20(7-12-25(19)33-14-6-13-30-36-28(2,3)29(4,5)37-30)18-34-22-9-11-24-27(17-22)35-26-16-21(32)8-10-23(26)31-24/h6-13,15-17H,14,18H2,1-5H3/b13-6+. The highest BCUT2D eigenvalue weighted by Crippen LogP contribution is 2.37. The van der Waals surface area contributed by atoms with Gasteiger partial charge in [-0.2, -0.15) is 0 Å². The van der Waals surface area contributed by atoms with Crippen molar-refractivity contribution in [1.82, 2.24) is 4.98 Å². The molecule has 0 spiro atoms. The van der Waals surface area contributed by atoms with Crippen LogP contribution < -0.4 is 14.9 Å². The van der Waals surface area contributed by atoms with Crippen molar-refractivity contribution in [2.45, 2.75) is 52.4 Å². The lowest BCUT2D eigenvalue weighted by Gasteiger charge is -2.32. The van der Waals surface area contributed by atoms with Gasteiger partial charge < -0.3 is 23.2 Å². The van der Waals surface area contributed by atoms with Crippen LogP contribution in [0.2, 0.25) is 0 Å². The van der Waals surface area contributed by atoms with Gasteiger partial charge in [0, 0.05) is 12.1 Å². The topological polar surface area (TPSA) is 80.0 Å². The molecule has 1 fully saturated rings. The average molecular weight is 499 g/mol. The Balaban J connectivity index is 1.18. The van der Waals surface area contributed by atoms with E-state index in [1.54, 1.807) is 12.1 Å². The van der Waals surface area contributed by atoms with Crippen LogP contribution in [0.5, 0.6) is 11.5 Å². The lowest BCUT2D eigenvalue weighted by atomic mass is 9.90. The van der Waals surface area contributed by atoms with E-state index in [2.05, 4.69) is 4.98 Å². The second-order valence-electron chi connectivity index (χ2n) is 10.2. The molecule has 0 bridgehead atoms. The molecule has 0 atom stereocenters. The van der Waals surface area contributed by atoms with Crippen molar-refractivity contribution in [3.8, 4) is 23.0 Å². The normalized spacial score (nSPS) is 16.6. The lowest BCUT2D eigenvalue weighted by molar-refractivity contribution is 0.00578. The van der Waals surface area contributed by atoms with E-state index < -0.39 is 0 Å². The van der Waals surface area contributed by atoms with E-state index in [0.717, 1.165) is 16.9 Å². The summed E-state index contributed by atoms with van der Waals surface area (Å²) in [5.74, 6) is 3.81. The first-order valence-electron chi connectivity index (χ1n) is 12.3. The fourth-order valence-corrected chi connectivity index (χ4v) is 4.08. The van der Waals surface area contributed by atoms with Gasteiger partial charge in [0.05, 0.1) is 11.2 Å². The largest absolute Gasteiger partial charge is 0.489 e. The summed E-state index contributed by atoms with van der Waals surface area (Å²) in [5, 5.41) is 0. The highest BCUT2D eigenvalue weighted by molar-refractivity contribution is 6.51. The van der Waals surface area contributed by atoms with Crippen molar-refractivity contribution in [3.05, 3.63) is 88.0 Å². The van der Waals surface area contributed by atoms with Crippen molar-refractivity contribution in [2.24, 2.45) is 0 Å². The van der Waals surface area contributed by atoms with Crippen LogP contribution in [0.1, 0.15) is 38.8 Å². The van der Waals surface area contributed by atoms with E-state index in [1.165, 1.54) is 12.1 Å². The molecule has 2 aromatic rings. The minimum absolute atomic E-state index is 0.117. The molecule has 0 unspecified atom stereocenters. The molecular formula is C29H30BNO6. The van der Waals surface area contributed by atoms with E-state index in [1.807, 2.05) is 77.0 Å². The Kier molecular flexibility index (Phi) is 6.56. The molecule has 0 radical (unpaired) electrons. The van der Waals surface area contributed by atoms with Gasteiger partial charge in [-0.1, -0.05) is 18.1 Å². The Morgan fingerprint density at radius 3 is 2.49 bits per heavy atom. The molecule has 2 heterocycles. The van der Waals surface area contributed by atoms with Crippen molar-refractivity contribution in [2.75, 3.05) is 6.61 Å². The number of ether oxygens (including phenoxy) is 2. The lowest BCUT2D eigenvalue weighted by Crippen LogP contribution is -2.41. The van der Waals surface area contributed by atoms with Gasteiger partial charge in [-0.3, -0.25) is 4.79 Å². The quantitative estimate of drug-likeness (QED) is 0.237. The predicted octanol–water partition coefficient (Wildman–Crippen LogP) is 5.75. The number of hydrogen-bond donors (Lipinski definition) is 0. The van der Waals surface area contributed by atoms with Crippen molar-refractivity contribution < 1.29 is 23.2 Å². The zero-order chi connectivity index (χ0) is 26.2. The van der Waals surface area contributed by atoms with Gasteiger partial charge in [0.25, 0.3) is 0 Å². The van der Waals surface area contributed by atoms with Crippen LogP contribution in [0.4, 0.5) is 0 Å². The van der Waals surface area contributed by atoms with Crippen LogP contribution in [0, 0.1) is 6.92 Å². The van der Waals surface area contributed by atoms with Crippen LogP contribution in [-0.2, 0) is 15.9 Å². The molecule has 1 saturated heterocycles. The SMILES string of the molecule is Cc1cc(COc2ccc3nc4ccc(=O)cc-4oc3c2)ccc1OC/C=C/B1OC(C)(C)C(C)(C)O1. The molecule has 7 nitrogen and oxygen atoms in total. The Bertz CT molecular complexity index is 1480. The third-order valence-corrected chi connectivity index (χ3v) is 6.87. The molecule has 5 rings (SSSR count). The number of fused-ring (bicyclic) bond motifs is 2. The first-order chi connectivity index (χ1) is 17.6. The zero-order valence-electron chi connectivity index (χ0n) is 21.7. The number of rotatable bonds is 7. The van der Waals surface area contributed by atoms with Crippen LogP contribution >= 0.6 is 0 Å². The summed E-state index contributed by atoms with van der Waals surface area (Å²) in [6.45, 7) is 10.9. The molecular weight excluding hydrogens is 469 g/mol. The van der Waals surface area contributed by atoms with Gasteiger partial charge in [0.1, 0.15) is 35.9 Å². The molecule has 0 N–H and O–H groups in total. The fraction of sp³-hybridized carbons (Fsp3) is 0.310. The highest BCUT2D eigenvalue weighted by Gasteiger charge is 2.49. The minimum Gasteiger partial charge on any atom is -0.489 e. The van der Waals surface area contributed by atoms with E-state index in [9.17, 15) is 4.79 Å². The molecule has 2 aromatic carbocycles. The van der Waals surface area contributed by atoms with Gasteiger partial charge in [-0.25, -0.2) is 4.98 Å². The monoisotopic (exact) mass is 499 g/mol. The van der Waals surface area contributed by atoms with Gasteiger partial charge in [-0.05, 0) is 82.1 Å². The average Bonchev–Trinajstić information content (AvgIpc) is 3.05. The fourth-order valence-electron chi connectivity index (χ4n) is 4.08. The summed E-state index contributed by atoms with van der Waals surface area (Å²) in [6, 6.07) is 16.0. The van der Waals surface area contributed by atoms with Crippen molar-refractivity contribution >= 4 is 18.2 Å². The first-order valence-corrected chi connectivity index (χ1v) is 12.3. The third kappa shape index (κ3) is 5.40. The van der Waals surface area contributed by atoms with Crippen molar-refractivity contribution in [1.29, 1.82) is 0 Å². The maximum absolute atomic E-state index is 11.6. The Morgan fingerprint density at radius 2 is 1.73 bits per heavy atom. The number of benzene rings is 3. The zero-order valence-corrected chi connectivity index (χ0v) is 21.7. The van der Waals surface area contributed by atoms with Gasteiger partial charge in [0.15, 0.2) is 16.8 Å². The molecule has 0 amide bonds. The molecule has 0 saturated carbocycles. The van der Waals surface area contributed by atoms with Gasteiger partial charge in [-0.15, -0.1) is 0 Å². The van der Waals surface area contributed by atoms with Crippen LogP contribution in [-0.4, -0.2) is 29.9 Å². The molecule has 8 heteroatoms. The summed E-state index contributed by atoms with van der Waals surface area (Å²) in [6.07, 6.45) is 1.92. The van der Waals surface area contributed by atoms with Crippen LogP contribution in [0.25, 0.3) is 22.6 Å². The smallest absolute Gasteiger partial charge is 0.486 e. The predicted molar refractivity (Wildman–Crippen MR) is 143 cm³/mol. The van der Waals surface area contributed by atoms with Crippen LogP contribution in [0.15, 0.2) is 75.9 Å². The number of aromatic nitrogens is 1. The maximum atomic E-state index is 11.6. The minimum atomic E-state index is -0.379. The molecule has 0 aromatic heterocycles. The Labute approximate surface area is 216 Å². The second kappa shape index (κ2) is 9.69. The molecule has 37 heavy (non-hydrogen) atoms. The summed E-state index contributed by atoms with van der Waals surface area (Å²) < 4.78 is 29.7. The molecule has 2 aliphatic heterocycles. The number of hydrogen-bond acceptors (Lipinski definition) is 7. The van der Waals surface area contributed by atoms with E-state index in [0.29, 0.717) is 41.5 Å². The molecule has 1 aliphatic carbocycles. The number of nitrogens with zero attached hydrogens (tertiary/aromatic N) is 1. The highest BCUT2D eigenvalue weighted by atomic mass is 16.7. The summed E-state index contributed by atoms with van der Waals surface area (Å²) >= 11 is 0. The Hall–Kier alpha value is -3.62. The van der Waals surface area contributed by atoms with E-state index in [4.69, 9.17) is 23.2 Å². The van der Waals surface area contributed by atoms with E-state index >= 15 is 0 Å². The molecule has 3 aliphatic rings. The van der Waals surface area contributed by atoms with Crippen LogP contribution in [0.3, 0.4) is 0 Å². The van der Waals surface area contributed by atoms with E-state index in [-0.39, 0.29) is 23.7 Å². The Morgan fingerprint density at radius 1 is 0.946 bits per heavy atom.